The zero-order chi connectivity index (χ0) is 14.8. The first kappa shape index (κ1) is 15.4. The summed E-state index contributed by atoms with van der Waals surface area (Å²) in [6, 6.07) is 6.52. The van der Waals surface area contributed by atoms with Crippen LogP contribution in [0.2, 0.25) is 0 Å². The number of likely N-dealkylation sites (N-methyl/N-ethyl adjacent to an activating group) is 1. The molecule has 1 heterocycles. The molecule has 2 rings (SSSR count). The third kappa shape index (κ3) is 3.78. The first-order valence-corrected chi connectivity index (χ1v) is 7.33. The van der Waals surface area contributed by atoms with Gasteiger partial charge >= 0.3 is 0 Å². The van der Waals surface area contributed by atoms with Gasteiger partial charge in [-0.1, -0.05) is 12.1 Å². The van der Waals surface area contributed by atoms with Crippen molar-refractivity contribution in [2.45, 2.75) is 31.8 Å². The van der Waals surface area contributed by atoms with Crippen LogP contribution in [-0.2, 0) is 0 Å². The van der Waals surface area contributed by atoms with Crippen molar-refractivity contribution < 1.29 is 4.39 Å². The summed E-state index contributed by atoms with van der Waals surface area (Å²) in [5.41, 5.74) is 7.43. The molecule has 1 unspecified atom stereocenters. The van der Waals surface area contributed by atoms with Crippen molar-refractivity contribution in [1.29, 1.82) is 0 Å². The third-order valence-electron chi connectivity index (χ3n) is 4.45. The Morgan fingerprint density at radius 1 is 1.25 bits per heavy atom. The van der Waals surface area contributed by atoms with Gasteiger partial charge in [-0.2, -0.15) is 0 Å². The average Bonchev–Trinajstić information content (AvgIpc) is 2.40. The number of nitrogens with zero attached hydrogens (tertiary/aromatic N) is 2. The summed E-state index contributed by atoms with van der Waals surface area (Å²) in [4.78, 5) is 4.88. The van der Waals surface area contributed by atoms with Crippen LogP contribution in [0.1, 0.15) is 31.9 Å². The van der Waals surface area contributed by atoms with Crippen LogP contribution in [0.15, 0.2) is 24.3 Å². The fourth-order valence-corrected chi connectivity index (χ4v) is 2.73. The SMILES string of the molecule is CN1CCN(CCC(N)c2ccc(F)cc2)CC1(C)C. The smallest absolute Gasteiger partial charge is 0.123 e. The molecule has 0 spiro atoms. The quantitative estimate of drug-likeness (QED) is 0.917. The molecule has 1 atom stereocenters. The van der Waals surface area contributed by atoms with Gasteiger partial charge in [-0.05, 0) is 45.0 Å². The lowest BCUT2D eigenvalue weighted by Crippen LogP contribution is -2.57. The van der Waals surface area contributed by atoms with Crippen molar-refractivity contribution in [3.63, 3.8) is 0 Å². The second-order valence-electron chi connectivity index (χ2n) is 6.46. The summed E-state index contributed by atoms with van der Waals surface area (Å²) in [5, 5.41) is 0. The van der Waals surface area contributed by atoms with Crippen molar-refractivity contribution in [3.8, 4) is 0 Å². The molecule has 0 aliphatic carbocycles. The molecular formula is C16H26FN3. The zero-order valence-corrected chi connectivity index (χ0v) is 12.8. The van der Waals surface area contributed by atoms with E-state index in [1.165, 1.54) is 12.1 Å². The molecule has 4 heteroatoms. The standard InChI is InChI=1S/C16H26FN3/c1-16(2)12-20(11-10-19(16)3)9-8-15(18)13-4-6-14(17)7-5-13/h4-7,15H,8-12,18H2,1-3H3. The second-order valence-corrected chi connectivity index (χ2v) is 6.46. The van der Waals surface area contributed by atoms with E-state index in [4.69, 9.17) is 5.73 Å². The molecule has 20 heavy (non-hydrogen) atoms. The molecule has 112 valence electrons. The summed E-state index contributed by atoms with van der Waals surface area (Å²) in [6.07, 6.45) is 0.908. The minimum Gasteiger partial charge on any atom is -0.324 e. The van der Waals surface area contributed by atoms with E-state index in [0.29, 0.717) is 0 Å². The number of hydrogen-bond acceptors (Lipinski definition) is 3. The highest BCUT2D eigenvalue weighted by Crippen LogP contribution is 2.21. The second kappa shape index (κ2) is 6.20. The lowest BCUT2D eigenvalue weighted by molar-refractivity contribution is 0.0387. The molecule has 0 radical (unpaired) electrons. The van der Waals surface area contributed by atoms with E-state index in [2.05, 4.69) is 30.7 Å². The molecule has 0 aromatic heterocycles. The minimum atomic E-state index is -0.207. The first-order chi connectivity index (χ1) is 9.38. The van der Waals surface area contributed by atoms with Gasteiger partial charge in [0, 0.05) is 37.8 Å². The number of benzene rings is 1. The van der Waals surface area contributed by atoms with Crippen LogP contribution in [0.5, 0.6) is 0 Å². The summed E-state index contributed by atoms with van der Waals surface area (Å²) in [5.74, 6) is -0.207. The van der Waals surface area contributed by atoms with Gasteiger partial charge in [0.15, 0.2) is 0 Å². The average molecular weight is 279 g/mol. The summed E-state index contributed by atoms with van der Waals surface area (Å²) in [7, 11) is 2.18. The number of rotatable bonds is 4. The Morgan fingerprint density at radius 2 is 1.90 bits per heavy atom. The fourth-order valence-electron chi connectivity index (χ4n) is 2.73. The largest absolute Gasteiger partial charge is 0.324 e. The Kier molecular flexibility index (Phi) is 4.78. The molecule has 1 aromatic rings. The van der Waals surface area contributed by atoms with Gasteiger partial charge in [-0.15, -0.1) is 0 Å². The lowest BCUT2D eigenvalue weighted by atomic mass is 9.98. The number of halogens is 1. The van der Waals surface area contributed by atoms with Crippen LogP contribution in [0.3, 0.4) is 0 Å². The van der Waals surface area contributed by atoms with Crippen LogP contribution in [0.4, 0.5) is 4.39 Å². The Hall–Kier alpha value is -0.970. The maximum absolute atomic E-state index is 12.9. The van der Waals surface area contributed by atoms with E-state index in [0.717, 1.165) is 38.2 Å². The molecular weight excluding hydrogens is 253 g/mol. The predicted octanol–water partition coefficient (Wildman–Crippen LogP) is 2.24. The monoisotopic (exact) mass is 279 g/mol. The van der Waals surface area contributed by atoms with Crippen LogP contribution in [-0.4, -0.2) is 48.6 Å². The van der Waals surface area contributed by atoms with Crippen molar-refractivity contribution in [2.75, 3.05) is 33.2 Å². The van der Waals surface area contributed by atoms with E-state index in [1.54, 1.807) is 12.1 Å². The van der Waals surface area contributed by atoms with Crippen LogP contribution < -0.4 is 5.73 Å². The molecule has 1 aliphatic heterocycles. The highest BCUT2D eigenvalue weighted by atomic mass is 19.1. The highest BCUT2D eigenvalue weighted by molar-refractivity contribution is 5.19. The maximum atomic E-state index is 12.9. The number of piperazine rings is 1. The molecule has 2 N–H and O–H groups in total. The van der Waals surface area contributed by atoms with Crippen LogP contribution >= 0.6 is 0 Å². The van der Waals surface area contributed by atoms with E-state index in [9.17, 15) is 4.39 Å². The fraction of sp³-hybridized carbons (Fsp3) is 0.625. The minimum absolute atomic E-state index is 0.0154. The molecule has 1 saturated heterocycles. The molecule has 0 saturated carbocycles. The van der Waals surface area contributed by atoms with E-state index in [-0.39, 0.29) is 17.4 Å². The van der Waals surface area contributed by atoms with Gasteiger partial charge in [0.05, 0.1) is 0 Å². The predicted molar refractivity (Wildman–Crippen MR) is 81.1 cm³/mol. The van der Waals surface area contributed by atoms with Gasteiger partial charge < -0.3 is 10.6 Å². The zero-order valence-electron chi connectivity index (χ0n) is 12.8. The maximum Gasteiger partial charge on any atom is 0.123 e. The van der Waals surface area contributed by atoms with E-state index < -0.39 is 0 Å². The Bertz CT molecular complexity index is 430. The first-order valence-electron chi connectivity index (χ1n) is 7.33. The topological polar surface area (TPSA) is 32.5 Å². The Balaban J connectivity index is 1.84. The third-order valence-corrected chi connectivity index (χ3v) is 4.45. The molecule has 1 aliphatic rings. The summed E-state index contributed by atoms with van der Waals surface area (Å²) in [6.45, 7) is 8.81. The Labute approximate surface area is 121 Å². The summed E-state index contributed by atoms with van der Waals surface area (Å²) >= 11 is 0. The molecule has 0 amide bonds. The normalized spacial score (nSPS) is 21.9. The number of nitrogens with two attached hydrogens (primary N) is 1. The van der Waals surface area contributed by atoms with Crippen molar-refractivity contribution in [2.24, 2.45) is 5.73 Å². The van der Waals surface area contributed by atoms with Gasteiger partial charge in [0.1, 0.15) is 5.82 Å². The van der Waals surface area contributed by atoms with Crippen molar-refractivity contribution in [3.05, 3.63) is 35.6 Å². The number of hydrogen-bond donors (Lipinski definition) is 1. The van der Waals surface area contributed by atoms with Gasteiger partial charge in [-0.3, -0.25) is 4.90 Å². The van der Waals surface area contributed by atoms with Crippen LogP contribution in [0, 0.1) is 5.82 Å². The van der Waals surface area contributed by atoms with Crippen molar-refractivity contribution >= 4 is 0 Å². The van der Waals surface area contributed by atoms with Gasteiger partial charge in [0.25, 0.3) is 0 Å². The molecule has 1 fully saturated rings. The van der Waals surface area contributed by atoms with Crippen LogP contribution in [0.25, 0.3) is 0 Å². The molecule has 0 bridgehead atoms. The molecule has 3 nitrogen and oxygen atoms in total. The van der Waals surface area contributed by atoms with Gasteiger partial charge in [-0.25, -0.2) is 4.39 Å². The summed E-state index contributed by atoms with van der Waals surface area (Å²) < 4.78 is 12.9. The van der Waals surface area contributed by atoms with Crippen molar-refractivity contribution in [1.82, 2.24) is 9.80 Å². The van der Waals surface area contributed by atoms with E-state index in [1.807, 2.05) is 0 Å². The van der Waals surface area contributed by atoms with E-state index >= 15 is 0 Å². The molecule has 1 aromatic carbocycles. The Morgan fingerprint density at radius 3 is 2.50 bits per heavy atom. The van der Waals surface area contributed by atoms with Gasteiger partial charge in [0.2, 0.25) is 0 Å². The lowest BCUT2D eigenvalue weighted by Gasteiger charge is -2.45. The highest BCUT2D eigenvalue weighted by Gasteiger charge is 2.30.